The van der Waals surface area contributed by atoms with Crippen molar-refractivity contribution in [1.29, 1.82) is 0 Å². The summed E-state index contributed by atoms with van der Waals surface area (Å²) in [5.41, 5.74) is 0.468. The fraction of sp³-hybridized carbons (Fsp3) is 0.391. The highest BCUT2D eigenvalue weighted by Crippen LogP contribution is 2.47. The normalized spacial score (nSPS) is 24.8. The maximum Gasteiger partial charge on any atom is 0.258 e. The van der Waals surface area contributed by atoms with Crippen molar-refractivity contribution >= 4 is 35.0 Å². The Morgan fingerprint density at radius 1 is 1.06 bits per heavy atom. The van der Waals surface area contributed by atoms with Gasteiger partial charge in [0.25, 0.3) is 11.8 Å². The quantitative estimate of drug-likeness (QED) is 0.564. The lowest BCUT2D eigenvalue weighted by Gasteiger charge is -2.36. The lowest BCUT2D eigenvalue weighted by Crippen LogP contribution is -2.44. The maximum atomic E-state index is 13.5. The number of aliphatic hydroxyl groups is 1. The molecule has 2 aromatic rings. The number of hydrogen-bond donors (Lipinski definition) is 3. The van der Waals surface area contributed by atoms with Gasteiger partial charge in [-0.2, -0.15) is 0 Å². The minimum atomic E-state index is -1.28. The molecule has 3 unspecified atom stereocenters. The van der Waals surface area contributed by atoms with Gasteiger partial charge in [0, 0.05) is 23.2 Å². The zero-order chi connectivity index (χ0) is 22.8. The first-order valence-corrected chi connectivity index (χ1v) is 11.2. The highest BCUT2D eigenvalue weighted by Gasteiger charge is 2.49. The van der Waals surface area contributed by atoms with Gasteiger partial charge in [0.15, 0.2) is 12.7 Å². The third-order valence-electron chi connectivity index (χ3n) is 6.29. The zero-order valence-corrected chi connectivity index (χ0v) is 18.6. The Balaban J connectivity index is 1.29. The van der Waals surface area contributed by atoms with E-state index in [9.17, 15) is 19.1 Å². The molecule has 2 aliphatic rings. The summed E-state index contributed by atoms with van der Waals surface area (Å²) in [6.45, 7) is -0.249. The highest BCUT2D eigenvalue weighted by molar-refractivity contribution is 6.30. The van der Waals surface area contributed by atoms with E-state index in [2.05, 4.69) is 10.6 Å². The molecule has 0 saturated heterocycles. The van der Waals surface area contributed by atoms with Gasteiger partial charge in [0.05, 0.1) is 5.02 Å². The van der Waals surface area contributed by atoms with Crippen LogP contribution in [0.1, 0.15) is 30.9 Å². The second-order valence-corrected chi connectivity index (χ2v) is 9.09. The van der Waals surface area contributed by atoms with Crippen LogP contribution in [-0.2, 0) is 9.59 Å². The Hall–Kier alpha value is -2.35. The number of aliphatic hydroxyl groups excluding tert-OH is 1. The lowest BCUT2D eigenvalue weighted by molar-refractivity contribution is -0.131. The Kier molecular flexibility index (Phi) is 6.88. The Labute approximate surface area is 195 Å². The van der Waals surface area contributed by atoms with Crippen molar-refractivity contribution in [3.8, 4) is 5.75 Å². The van der Waals surface area contributed by atoms with Crippen LogP contribution in [0.15, 0.2) is 42.5 Å². The summed E-state index contributed by atoms with van der Waals surface area (Å²) >= 11 is 11.5. The van der Waals surface area contributed by atoms with Gasteiger partial charge in [0.2, 0.25) is 0 Å². The van der Waals surface area contributed by atoms with Crippen molar-refractivity contribution in [3.05, 3.63) is 63.9 Å². The lowest BCUT2D eigenvalue weighted by atomic mass is 9.73. The van der Waals surface area contributed by atoms with Crippen molar-refractivity contribution < 1.29 is 23.8 Å². The van der Waals surface area contributed by atoms with Crippen LogP contribution >= 0.6 is 23.2 Å². The number of nitrogens with one attached hydrogen (secondary N) is 2. The molecule has 6 nitrogen and oxygen atoms in total. The largest absolute Gasteiger partial charge is 0.484 e. The minimum Gasteiger partial charge on any atom is -0.484 e. The van der Waals surface area contributed by atoms with Crippen molar-refractivity contribution in [3.63, 3.8) is 0 Å². The third kappa shape index (κ3) is 5.00. The van der Waals surface area contributed by atoms with E-state index in [1.807, 2.05) is 0 Å². The number of fused-ring (bicyclic) bond motifs is 1. The molecule has 4 rings (SSSR count). The van der Waals surface area contributed by atoms with Gasteiger partial charge in [0.1, 0.15) is 11.6 Å². The van der Waals surface area contributed by atoms with Crippen molar-refractivity contribution in [2.24, 2.45) is 11.8 Å². The van der Waals surface area contributed by atoms with E-state index in [1.165, 1.54) is 12.1 Å². The number of halogens is 3. The van der Waals surface area contributed by atoms with Crippen LogP contribution in [0.5, 0.6) is 5.75 Å². The Bertz CT molecular complexity index is 1000. The number of hydrogen-bond acceptors (Lipinski definition) is 4. The molecule has 0 heterocycles. The second kappa shape index (κ2) is 9.65. The molecule has 2 fully saturated rings. The number of carbonyl (C=O) groups is 2. The fourth-order valence-corrected chi connectivity index (χ4v) is 4.77. The SMILES string of the molecule is O=C(COc1ccc(Cl)c(F)c1)N[C@H]1CC(NC(=O)[C@@H](O)c2ccc(Cl)cc2)C2CCC21. The molecular weight excluding hydrogens is 458 g/mol. The van der Waals surface area contributed by atoms with Gasteiger partial charge in [-0.1, -0.05) is 35.3 Å². The number of ether oxygens (including phenoxy) is 1. The molecule has 2 aromatic carbocycles. The Morgan fingerprint density at radius 2 is 1.72 bits per heavy atom. The number of carbonyl (C=O) groups excluding carboxylic acids is 2. The average Bonchev–Trinajstić information content (AvgIpc) is 2.96. The first-order valence-electron chi connectivity index (χ1n) is 10.4. The van der Waals surface area contributed by atoms with Crippen LogP contribution in [0.3, 0.4) is 0 Å². The molecular formula is C23H23Cl2FN2O4. The van der Waals surface area contributed by atoms with Crippen LogP contribution in [0.4, 0.5) is 4.39 Å². The summed E-state index contributed by atoms with van der Waals surface area (Å²) in [6, 6.07) is 10.2. The van der Waals surface area contributed by atoms with Crippen LogP contribution in [-0.4, -0.2) is 35.6 Å². The summed E-state index contributed by atoms with van der Waals surface area (Å²) in [5, 5.41) is 16.8. The van der Waals surface area contributed by atoms with Gasteiger partial charge in [-0.15, -0.1) is 0 Å². The van der Waals surface area contributed by atoms with E-state index >= 15 is 0 Å². The standard InChI is InChI=1S/C23H23Cl2FN2O4/c24-13-3-1-12(2-4-13)22(30)23(31)28-20-10-19(15-6-7-16(15)20)27-21(29)11-32-14-5-8-17(25)18(26)9-14/h1-5,8-9,15-16,19-20,22,30H,6-7,10-11H2,(H,27,29)(H,28,31)/t15?,16?,19-,20?,22-/m0/s1. The molecule has 9 heteroatoms. The molecule has 0 spiro atoms. The van der Waals surface area contributed by atoms with E-state index in [-0.39, 0.29) is 47.2 Å². The summed E-state index contributed by atoms with van der Waals surface area (Å²) in [5.74, 6) is -0.654. The molecule has 2 saturated carbocycles. The minimum absolute atomic E-state index is 0.0157. The summed E-state index contributed by atoms with van der Waals surface area (Å²) in [6.07, 6.45) is 1.22. The van der Waals surface area contributed by atoms with Crippen LogP contribution < -0.4 is 15.4 Å². The van der Waals surface area contributed by atoms with Crippen LogP contribution in [0.25, 0.3) is 0 Å². The van der Waals surface area contributed by atoms with Gasteiger partial charge >= 0.3 is 0 Å². The second-order valence-electron chi connectivity index (χ2n) is 8.25. The molecule has 3 N–H and O–H groups in total. The monoisotopic (exact) mass is 480 g/mol. The predicted molar refractivity (Wildman–Crippen MR) is 118 cm³/mol. The van der Waals surface area contributed by atoms with E-state index in [0.717, 1.165) is 18.9 Å². The van der Waals surface area contributed by atoms with Gasteiger partial charge in [-0.25, -0.2) is 4.39 Å². The van der Waals surface area contributed by atoms with Crippen molar-refractivity contribution in [1.82, 2.24) is 10.6 Å². The van der Waals surface area contributed by atoms with E-state index in [0.29, 0.717) is 17.0 Å². The molecule has 5 atom stereocenters. The van der Waals surface area contributed by atoms with Crippen molar-refractivity contribution in [2.75, 3.05) is 6.61 Å². The topological polar surface area (TPSA) is 87.7 Å². The van der Waals surface area contributed by atoms with Crippen LogP contribution in [0.2, 0.25) is 10.0 Å². The highest BCUT2D eigenvalue weighted by atomic mass is 35.5. The van der Waals surface area contributed by atoms with Gasteiger partial charge < -0.3 is 20.5 Å². The Morgan fingerprint density at radius 3 is 2.34 bits per heavy atom. The molecule has 32 heavy (non-hydrogen) atoms. The number of amides is 2. The average molecular weight is 481 g/mol. The first kappa shape index (κ1) is 22.8. The number of benzene rings is 2. The van der Waals surface area contributed by atoms with E-state index in [1.54, 1.807) is 24.3 Å². The van der Waals surface area contributed by atoms with Gasteiger partial charge in [-0.05, 0) is 60.9 Å². The van der Waals surface area contributed by atoms with Gasteiger partial charge in [-0.3, -0.25) is 9.59 Å². The summed E-state index contributed by atoms with van der Waals surface area (Å²) in [4.78, 5) is 24.9. The first-order chi connectivity index (χ1) is 15.3. The molecule has 170 valence electrons. The molecule has 0 aliphatic heterocycles. The third-order valence-corrected chi connectivity index (χ3v) is 6.85. The predicted octanol–water partition coefficient (Wildman–Crippen LogP) is 3.64. The molecule has 0 bridgehead atoms. The maximum absolute atomic E-state index is 13.5. The summed E-state index contributed by atoms with van der Waals surface area (Å²) in [7, 11) is 0. The fourth-order valence-electron chi connectivity index (χ4n) is 4.53. The molecule has 2 aliphatic carbocycles. The number of rotatable bonds is 7. The van der Waals surface area contributed by atoms with E-state index < -0.39 is 17.8 Å². The van der Waals surface area contributed by atoms with Crippen LogP contribution in [0, 0.1) is 17.7 Å². The summed E-state index contributed by atoms with van der Waals surface area (Å²) < 4.78 is 18.8. The molecule has 0 radical (unpaired) electrons. The molecule has 2 amide bonds. The molecule has 0 aromatic heterocycles. The zero-order valence-electron chi connectivity index (χ0n) is 17.1. The van der Waals surface area contributed by atoms with E-state index in [4.69, 9.17) is 27.9 Å². The van der Waals surface area contributed by atoms with Crippen molar-refractivity contribution in [2.45, 2.75) is 37.5 Å². The smallest absolute Gasteiger partial charge is 0.258 e.